The highest BCUT2D eigenvalue weighted by molar-refractivity contribution is 6.09. The first kappa shape index (κ1) is 37.3. The summed E-state index contributed by atoms with van der Waals surface area (Å²) in [4.78, 5) is 2.35. The number of anilines is 3. The molecule has 0 saturated heterocycles. The van der Waals surface area contributed by atoms with Gasteiger partial charge in [0, 0.05) is 33.4 Å². The number of hydrogen-bond donors (Lipinski definition) is 0. The quantitative estimate of drug-likeness (QED) is 0.148. The van der Waals surface area contributed by atoms with Crippen LogP contribution in [0.15, 0.2) is 255 Å². The van der Waals surface area contributed by atoms with Crippen molar-refractivity contribution in [3.63, 3.8) is 0 Å². The summed E-state index contributed by atoms with van der Waals surface area (Å²) in [6.45, 7) is 0. The van der Waals surface area contributed by atoms with Crippen LogP contribution in [0.3, 0.4) is 0 Å². The molecule has 2 heteroatoms. The van der Waals surface area contributed by atoms with Gasteiger partial charge >= 0.3 is 0 Å². The first-order valence-corrected chi connectivity index (χ1v) is 22.0. The number of para-hydroxylation sites is 3. The first-order valence-electron chi connectivity index (χ1n) is 22.0. The van der Waals surface area contributed by atoms with Crippen LogP contribution in [0.2, 0.25) is 0 Å². The molecule has 0 amide bonds. The van der Waals surface area contributed by atoms with Crippen molar-refractivity contribution in [2.45, 2.75) is 0 Å². The van der Waals surface area contributed by atoms with Crippen molar-refractivity contribution in [1.82, 2.24) is 4.57 Å². The number of aromatic nitrogens is 1. The Morgan fingerprint density at radius 3 is 1.08 bits per heavy atom. The summed E-state index contributed by atoms with van der Waals surface area (Å²) < 4.78 is 2.41. The van der Waals surface area contributed by atoms with Crippen LogP contribution in [0.4, 0.5) is 17.1 Å². The molecular formula is C62H42N2. The van der Waals surface area contributed by atoms with Gasteiger partial charge in [0.1, 0.15) is 0 Å². The minimum Gasteiger partial charge on any atom is -0.311 e. The van der Waals surface area contributed by atoms with Crippen molar-refractivity contribution in [3.05, 3.63) is 255 Å². The average Bonchev–Trinajstić information content (AvgIpc) is 3.71. The Balaban J connectivity index is 0.877. The third kappa shape index (κ3) is 6.70. The second-order valence-electron chi connectivity index (χ2n) is 16.6. The van der Waals surface area contributed by atoms with Gasteiger partial charge in [-0.05, 0) is 127 Å². The van der Waals surface area contributed by atoms with E-state index in [0.29, 0.717) is 0 Å². The number of hydrogen-bond acceptors (Lipinski definition) is 1. The normalized spacial score (nSPS) is 11.4. The van der Waals surface area contributed by atoms with Crippen molar-refractivity contribution in [3.8, 4) is 50.2 Å². The van der Waals surface area contributed by atoms with Gasteiger partial charge in [-0.2, -0.15) is 0 Å². The molecule has 0 bridgehead atoms. The molecule has 0 fully saturated rings. The maximum atomic E-state index is 2.41. The summed E-state index contributed by atoms with van der Waals surface area (Å²) >= 11 is 0. The molecule has 0 N–H and O–H groups in total. The lowest BCUT2D eigenvalue weighted by atomic mass is 9.98. The lowest BCUT2D eigenvalue weighted by Gasteiger charge is -2.26. The highest BCUT2D eigenvalue weighted by atomic mass is 15.1. The zero-order valence-corrected chi connectivity index (χ0v) is 35.1. The van der Waals surface area contributed by atoms with Gasteiger partial charge in [0.05, 0.1) is 16.7 Å². The van der Waals surface area contributed by atoms with E-state index in [1.807, 2.05) is 0 Å². The second-order valence-corrected chi connectivity index (χ2v) is 16.6. The third-order valence-electron chi connectivity index (χ3n) is 12.8. The van der Waals surface area contributed by atoms with E-state index in [-0.39, 0.29) is 0 Å². The monoisotopic (exact) mass is 814 g/mol. The molecule has 12 aromatic rings. The zero-order valence-electron chi connectivity index (χ0n) is 35.1. The molecule has 0 unspecified atom stereocenters. The first-order chi connectivity index (χ1) is 31.7. The molecule has 0 aliphatic rings. The number of benzene rings is 11. The Morgan fingerprint density at radius 1 is 0.250 bits per heavy atom. The Bertz CT molecular complexity index is 3460. The third-order valence-corrected chi connectivity index (χ3v) is 12.8. The highest BCUT2D eigenvalue weighted by Crippen LogP contribution is 2.40. The van der Waals surface area contributed by atoms with Gasteiger partial charge in [-0.3, -0.25) is 0 Å². The van der Waals surface area contributed by atoms with Gasteiger partial charge in [-0.25, -0.2) is 0 Å². The maximum absolute atomic E-state index is 2.41. The summed E-state index contributed by atoms with van der Waals surface area (Å²) in [6, 6.07) is 92.6. The molecule has 0 atom stereocenters. The fraction of sp³-hybridized carbons (Fsp3) is 0. The molecule has 1 aromatic heterocycles. The van der Waals surface area contributed by atoms with E-state index in [0.717, 1.165) is 17.1 Å². The van der Waals surface area contributed by atoms with Gasteiger partial charge < -0.3 is 9.47 Å². The fourth-order valence-electron chi connectivity index (χ4n) is 9.53. The number of nitrogens with zero attached hydrogens (tertiary/aromatic N) is 2. The maximum Gasteiger partial charge on any atom is 0.0541 e. The van der Waals surface area contributed by atoms with Gasteiger partial charge in [0.2, 0.25) is 0 Å². The van der Waals surface area contributed by atoms with Crippen molar-refractivity contribution in [1.29, 1.82) is 0 Å². The topological polar surface area (TPSA) is 8.17 Å². The molecule has 300 valence electrons. The number of fused-ring (bicyclic) bond motifs is 5. The minimum absolute atomic E-state index is 1.09. The van der Waals surface area contributed by atoms with E-state index in [9.17, 15) is 0 Å². The van der Waals surface area contributed by atoms with E-state index in [1.54, 1.807) is 0 Å². The van der Waals surface area contributed by atoms with Crippen LogP contribution in [0, 0.1) is 0 Å². The smallest absolute Gasteiger partial charge is 0.0541 e. The number of rotatable bonds is 8. The van der Waals surface area contributed by atoms with Crippen LogP contribution in [0.25, 0.3) is 93.5 Å². The summed E-state index contributed by atoms with van der Waals surface area (Å²) in [6.07, 6.45) is 0. The second kappa shape index (κ2) is 15.8. The molecule has 11 aromatic carbocycles. The van der Waals surface area contributed by atoms with E-state index in [1.165, 1.54) is 93.5 Å². The van der Waals surface area contributed by atoms with E-state index >= 15 is 0 Å². The minimum atomic E-state index is 1.09. The summed E-state index contributed by atoms with van der Waals surface area (Å²) in [5, 5.41) is 7.53. The molecule has 2 nitrogen and oxygen atoms in total. The molecule has 0 radical (unpaired) electrons. The average molecular weight is 815 g/mol. The van der Waals surface area contributed by atoms with Crippen LogP contribution >= 0.6 is 0 Å². The predicted molar refractivity (Wildman–Crippen MR) is 272 cm³/mol. The fourth-order valence-corrected chi connectivity index (χ4v) is 9.53. The van der Waals surface area contributed by atoms with E-state index < -0.39 is 0 Å². The van der Waals surface area contributed by atoms with Crippen molar-refractivity contribution < 1.29 is 0 Å². The van der Waals surface area contributed by atoms with Crippen LogP contribution in [-0.4, -0.2) is 4.57 Å². The van der Waals surface area contributed by atoms with E-state index in [2.05, 4.69) is 264 Å². The van der Waals surface area contributed by atoms with Gasteiger partial charge in [-0.15, -0.1) is 0 Å². The van der Waals surface area contributed by atoms with Gasteiger partial charge in [-0.1, -0.05) is 188 Å². The molecule has 12 rings (SSSR count). The predicted octanol–water partition coefficient (Wildman–Crippen LogP) is 17.2. The van der Waals surface area contributed by atoms with Crippen molar-refractivity contribution in [2.75, 3.05) is 4.90 Å². The molecule has 64 heavy (non-hydrogen) atoms. The molecule has 0 spiro atoms. The van der Waals surface area contributed by atoms with Crippen LogP contribution in [0.5, 0.6) is 0 Å². The SMILES string of the molecule is c1ccc(-n2c3ccccc3c3ccccc32)c(-c2ccc(-c3ccc(N(c4ccc(-c5ccc6ccccc6c5)cc4)c4ccc(-c5ccc6ccccc6c5)cc4)cc3)cc2)c1. The Hall–Kier alpha value is -8.46. The molecule has 0 saturated carbocycles. The summed E-state index contributed by atoms with van der Waals surface area (Å²) in [5.41, 5.74) is 16.4. The van der Waals surface area contributed by atoms with E-state index in [4.69, 9.17) is 0 Å². The van der Waals surface area contributed by atoms with Gasteiger partial charge in [0.25, 0.3) is 0 Å². The standard InChI is InChI=1S/C62H42N2/c1-3-13-50-41-52(27-23-43(50)11-1)47-31-37-55(38-32-47)63(56-39-33-48(34-40-56)53-28-24-44-12-2-4-14-51(44)42-53)54-35-29-46(30-36-54)45-21-25-49(26-22-45)57-15-5-8-18-60(57)64-61-19-9-6-16-58(61)59-17-7-10-20-62(59)64/h1-42H. The lowest BCUT2D eigenvalue weighted by molar-refractivity contribution is 1.18. The van der Waals surface area contributed by atoms with Crippen molar-refractivity contribution in [2.24, 2.45) is 0 Å². The molecular weight excluding hydrogens is 773 g/mol. The van der Waals surface area contributed by atoms with Crippen LogP contribution in [-0.2, 0) is 0 Å². The molecule has 0 aliphatic heterocycles. The molecule has 0 aliphatic carbocycles. The van der Waals surface area contributed by atoms with Crippen molar-refractivity contribution >= 4 is 60.4 Å². The Morgan fingerprint density at radius 2 is 0.594 bits per heavy atom. The van der Waals surface area contributed by atoms with Crippen LogP contribution < -0.4 is 4.90 Å². The molecule has 1 heterocycles. The Kier molecular flexibility index (Phi) is 9.20. The Labute approximate surface area is 373 Å². The van der Waals surface area contributed by atoms with Gasteiger partial charge in [0.15, 0.2) is 0 Å². The largest absolute Gasteiger partial charge is 0.311 e. The summed E-state index contributed by atoms with van der Waals surface area (Å²) in [5.74, 6) is 0. The lowest BCUT2D eigenvalue weighted by Crippen LogP contribution is -2.09. The highest BCUT2D eigenvalue weighted by Gasteiger charge is 2.17. The van der Waals surface area contributed by atoms with Crippen LogP contribution in [0.1, 0.15) is 0 Å². The zero-order chi connectivity index (χ0) is 42.4. The summed E-state index contributed by atoms with van der Waals surface area (Å²) in [7, 11) is 0.